The van der Waals surface area contributed by atoms with Gasteiger partial charge in [0, 0.05) is 13.0 Å². The van der Waals surface area contributed by atoms with Crippen molar-refractivity contribution in [2.45, 2.75) is 57.7 Å². The standard InChI is InChI=1S/C19H26BrFN4O5/c1-19(2,3)30-18(28)23-14(10-13-11(21)7-8-15(20)22-13)16(26)25-9-5-6-12(24-25)17(27)29-4/h7-8,12,14,24H,5-6,9-10H2,1-4H3,(H,23,28)/t12-,14-/m0/s1. The quantitative estimate of drug-likeness (QED) is 0.482. The van der Waals surface area contributed by atoms with Crippen LogP contribution in [0.1, 0.15) is 39.3 Å². The summed E-state index contributed by atoms with van der Waals surface area (Å²) in [5.41, 5.74) is 2.03. The Balaban J connectivity index is 2.22. The van der Waals surface area contributed by atoms with Crippen LogP contribution >= 0.6 is 15.9 Å². The third kappa shape index (κ3) is 6.91. The van der Waals surface area contributed by atoms with Crippen molar-refractivity contribution in [3.05, 3.63) is 28.2 Å². The van der Waals surface area contributed by atoms with Gasteiger partial charge >= 0.3 is 12.1 Å². The van der Waals surface area contributed by atoms with Crippen LogP contribution in [-0.2, 0) is 25.5 Å². The van der Waals surface area contributed by atoms with Gasteiger partial charge < -0.3 is 14.8 Å². The smallest absolute Gasteiger partial charge is 0.408 e. The second-order valence-electron chi connectivity index (χ2n) is 7.80. The first-order valence-corrected chi connectivity index (χ1v) is 10.3. The van der Waals surface area contributed by atoms with Crippen molar-refractivity contribution < 1.29 is 28.2 Å². The van der Waals surface area contributed by atoms with Gasteiger partial charge in [-0.25, -0.2) is 19.6 Å². The van der Waals surface area contributed by atoms with Gasteiger partial charge in [0.2, 0.25) is 0 Å². The average Bonchev–Trinajstić information content (AvgIpc) is 2.67. The fraction of sp³-hybridized carbons (Fsp3) is 0.579. The van der Waals surface area contributed by atoms with E-state index in [4.69, 9.17) is 9.47 Å². The third-order valence-electron chi connectivity index (χ3n) is 4.21. The van der Waals surface area contributed by atoms with Crippen LogP contribution < -0.4 is 10.7 Å². The van der Waals surface area contributed by atoms with E-state index in [0.29, 0.717) is 24.0 Å². The lowest BCUT2D eigenvalue weighted by Gasteiger charge is -2.35. The van der Waals surface area contributed by atoms with E-state index in [1.54, 1.807) is 20.8 Å². The molecule has 1 aromatic rings. The first kappa shape index (κ1) is 24.0. The normalized spacial score (nSPS) is 17.8. The highest BCUT2D eigenvalue weighted by molar-refractivity contribution is 9.10. The summed E-state index contributed by atoms with van der Waals surface area (Å²) >= 11 is 3.17. The summed E-state index contributed by atoms with van der Waals surface area (Å²) < 4.78 is 24.6. The summed E-state index contributed by atoms with van der Waals surface area (Å²) in [5.74, 6) is -1.65. The van der Waals surface area contributed by atoms with Crippen LogP contribution in [-0.4, -0.2) is 59.3 Å². The van der Waals surface area contributed by atoms with Crippen LogP contribution in [0.2, 0.25) is 0 Å². The van der Waals surface area contributed by atoms with Crippen LogP contribution in [0.5, 0.6) is 0 Å². The average molecular weight is 489 g/mol. The predicted molar refractivity (Wildman–Crippen MR) is 109 cm³/mol. The number of hydrogen-bond donors (Lipinski definition) is 2. The van der Waals surface area contributed by atoms with E-state index < -0.39 is 41.5 Å². The number of nitrogens with one attached hydrogen (secondary N) is 2. The molecule has 2 rings (SSSR count). The van der Waals surface area contributed by atoms with Gasteiger partial charge in [-0.1, -0.05) is 0 Å². The predicted octanol–water partition coefficient (Wildman–Crippen LogP) is 2.09. The molecule has 0 radical (unpaired) electrons. The summed E-state index contributed by atoms with van der Waals surface area (Å²) in [6, 6.07) is 0.800. The Labute approximate surface area is 182 Å². The molecule has 0 unspecified atom stereocenters. The molecule has 166 valence electrons. The first-order chi connectivity index (χ1) is 14.0. The Bertz CT molecular complexity index is 802. The van der Waals surface area contributed by atoms with E-state index in [9.17, 15) is 18.8 Å². The van der Waals surface area contributed by atoms with Gasteiger partial charge in [-0.05, 0) is 61.7 Å². The molecule has 2 N–H and O–H groups in total. The number of rotatable bonds is 5. The van der Waals surface area contributed by atoms with Crippen molar-refractivity contribution in [2.24, 2.45) is 0 Å². The maximum absolute atomic E-state index is 14.2. The van der Waals surface area contributed by atoms with Crippen molar-refractivity contribution >= 4 is 33.9 Å². The Morgan fingerprint density at radius 3 is 2.73 bits per heavy atom. The summed E-state index contributed by atoms with van der Waals surface area (Å²) in [6.45, 7) is 5.37. The first-order valence-electron chi connectivity index (χ1n) is 9.46. The molecule has 30 heavy (non-hydrogen) atoms. The number of methoxy groups -OCH3 is 1. The minimum Gasteiger partial charge on any atom is -0.468 e. The molecular weight excluding hydrogens is 463 g/mol. The molecule has 1 fully saturated rings. The molecule has 0 aromatic carbocycles. The fourth-order valence-corrected chi connectivity index (χ4v) is 3.24. The molecule has 1 aliphatic heterocycles. The highest BCUT2D eigenvalue weighted by atomic mass is 79.9. The van der Waals surface area contributed by atoms with Crippen LogP contribution in [0.3, 0.4) is 0 Å². The number of carbonyl (C=O) groups excluding carboxylic acids is 3. The summed E-state index contributed by atoms with van der Waals surface area (Å²) in [4.78, 5) is 41.3. The van der Waals surface area contributed by atoms with Gasteiger partial charge in [-0.15, -0.1) is 0 Å². The number of nitrogens with zero attached hydrogens (tertiary/aromatic N) is 2. The zero-order chi connectivity index (χ0) is 22.5. The van der Waals surface area contributed by atoms with Crippen molar-refractivity contribution in [3.8, 4) is 0 Å². The summed E-state index contributed by atoms with van der Waals surface area (Å²) in [6.07, 6.45) is 0.0337. The Hall–Kier alpha value is -2.27. The van der Waals surface area contributed by atoms with Crippen molar-refractivity contribution in [3.63, 3.8) is 0 Å². The Morgan fingerprint density at radius 1 is 1.40 bits per heavy atom. The molecular formula is C19H26BrFN4O5. The van der Waals surface area contributed by atoms with Crippen LogP contribution in [0.15, 0.2) is 16.7 Å². The molecule has 11 heteroatoms. The third-order valence-corrected chi connectivity index (χ3v) is 4.65. The molecule has 2 atom stereocenters. The van der Waals surface area contributed by atoms with E-state index in [2.05, 4.69) is 31.7 Å². The largest absolute Gasteiger partial charge is 0.468 e. The van der Waals surface area contributed by atoms with Gasteiger partial charge in [-0.2, -0.15) is 0 Å². The lowest BCUT2D eigenvalue weighted by molar-refractivity contribution is -0.150. The van der Waals surface area contributed by atoms with Gasteiger partial charge in [-0.3, -0.25) is 14.6 Å². The zero-order valence-electron chi connectivity index (χ0n) is 17.3. The number of alkyl carbamates (subject to hydrolysis) is 1. The molecule has 0 spiro atoms. The van der Waals surface area contributed by atoms with Gasteiger partial charge in [0.25, 0.3) is 5.91 Å². The number of hydrogen-bond acceptors (Lipinski definition) is 7. The molecule has 1 aromatic heterocycles. The number of amides is 2. The molecule has 1 aliphatic rings. The van der Waals surface area contributed by atoms with Crippen molar-refractivity contribution in [1.82, 2.24) is 20.7 Å². The van der Waals surface area contributed by atoms with E-state index in [-0.39, 0.29) is 12.1 Å². The minimum absolute atomic E-state index is 0.000288. The lowest BCUT2D eigenvalue weighted by atomic mass is 10.1. The number of carbonyl (C=O) groups is 3. The fourth-order valence-electron chi connectivity index (χ4n) is 2.89. The molecule has 9 nitrogen and oxygen atoms in total. The SMILES string of the molecule is COC(=O)[C@@H]1CCCN(C(=O)[C@H](Cc2nc(Br)ccc2F)NC(=O)OC(C)(C)C)N1. The number of aromatic nitrogens is 1. The topological polar surface area (TPSA) is 110 Å². The molecule has 0 bridgehead atoms. The summed E-state index contributed by atoms with van der Waals surface area (Å²) in [5, 5.41) is 3.73. The van der Waals surface area contributed by atoms with Gasteiger partial charge in [0.15, 0.2) is 0 Å². The van der Waals surface area contributed by atoms with Crippen molar-refractivity contribution in [1.29, 1.82) is 0 Å². The molecule has 1 saturated heterocycles. The second-order valence-corrected chi connectivity index (χ2v) is 8.61. The number of ether oxygens (including phenoxy) is 2. The minimum atomic E-state index is -1.17. The maximum atomic E-state index is 14.2. The Morgan fingerprint density at radius 2 is 2.10 bits per heavy atom. The van der Waals surface area contributed by atoms with Crippen molar-refractivity contribution in [2.75, 3.05) is 13.7 Å². The molecule has 2 heterocycles. The number of hydrazine groups is 1. The van der Waals surface area contributed by atoms with Crippen LogP contribution in [0.25, 0.3) is 0 Å². The second kappa shape index (κ2) is 10.2. The maximum Gasteiger partial charge on any atom is 0.408 e. The lowest BCUT2D eigenvalue weighted by Crippen LogP contribution is -2.60. The summed E-state index contributed by atoms with van der Waals surface area (Å²) in [7, 11) is 1.26. The number of esters is 1. The van der Waals surface area contributed by atoms with Gasteiger partial charge in [0.05, 0.1) is 12.8 Å². The monoisotopic (exact) mass is 488 g/mol. The van der Waals surface area contributed by atoms with Gasteiger partial charge in [0.1, 0.15) is 28.1 Å². The highest BCUT2D eigenvalue weighted by Gasteiger charge is 2.34. The van der Waals surface area contributed by atoms with E-state index in [0.717, 1.165) is 0 Å². The zero-order valence-corrected chi connectivity index (χ0v) is 18.9. The van der Waals surface area contributed by atoms with Crippen LogP contribution in [0.4, 0.5) is 9.18 Å². The number of pyridine rings is 1. The number of halogens is 2. The molecule has 0 saturated carbocycles. The van der Waals surface area contributed by atoms with Crippen LogP contribution in [0, 0.1) is 5.82 Å². The van der Waals surface area contributed by atoms with E-state index in [1.165, 1.54) is 24.3 Å². The highest BCUT2D eigenvalue weighted by Crippen LogP contribution is 2.16. The van der Waals surface area contributed by atoms with E-state index in [1.807, 2.05) is 0 Å². The molecule has 2 amide bonds. The Kier molecular flexibility index (Phi) is 8.13. The van der Waals surface area contributed by atoms with E-state index >= 15 is 0 Å². The molecule has 0 aliphatic carbocycles.